The summed E-state index contributed by atoms with van der Waals surface area (Å²) in [5.41, 5.74) is 1.31. The highest BCUT2D eigenvalue weighted by molar-refractivity contribution is 5.91. The number of carboxylic acids is 1. The quantitative estimate of drug-likeness (QED) is 0.856. The van der Waals surface area contributed by atoms with E-state index in [4.69, 9.17) is 5.11 Å². The first-order valence-corrected chi connectivity index (χ1v) is 5.20. The molecule has 0 aliphatic rings. The molecule has 16 heavy (non-hydrogen) atoms. The highest BCUT2D eigenvalue weighted by atomic mass is 16.4. The first-order valence-electron chi connectivity index (χ1n) is 5.20. The zero-order chi connectivity index (χ0) is 11.7. The van der Waals surface area contributed by atoms with Gasteiger partial charge in [-0.3, -0.25) is 0 Å². The van der Waals surface area contributed by atoms with Gasteiger partial charge in [-0.2, -0.15) is 0 Å². The summed E-state index contributed by atoms with van der Waals surface area (Å²) in [5, 5.41) is 8.97. The number of rotatable bonds is 3. The number of carbonyl (C=O) groups is 1. The maximum Gasteiger partial charge on any atom is 0.358 e. The number of hydrogen-bond acceptors (Lipinski definition) is 3. The van der Waals surface area contributed by atoms with Crippen LogP contribution in [0, 0.1) is 0 Å². The molecule has 0 aliphatic heterocycles. The first kappa shape index (κ1) is 10.6. The molecule has 0 radical (unpaired) electrons. The standard InChI is InChI=1S/C11H13N3O2/c1-3-7(2)8-6-14-5-4-12-9(11(15)16)10(14)13-8/h4-7H,3H2,1-2H3,(H,15,16). The minimum Gasteiger partial charge on any atom is -0.476 e. The summed E-state index contributed by atoms with van der Waals surface area (Å²) < 4.78 is 1.71. The van der Waals surface area contributed by atoms with E-state index in [1.807, 2.05) is 6.20 Å². The van der Waals surface area contributed by atoms with Crippen molar-refractivity contribution in [2.75, 3.05) is 0 Å². The van der Waals surface area contributed by atoms with Gasteiger partial charge in [0.2, 0.25) is 0 Å². The maximum absolute atomic E-state index is 10.9. The lowest BCUT2D eigenvalue weighted by Gasteiger charge is -2.01. The molecule has 5 nitrogen and oxygen atoms in total. The Bertz CT molecular complexity index is 533. The van der Waals surface area contributed by atoms with Crippen molar-refractivity contribution in [3.63, 3.8) is 0 Å². The van der Waals surface area contributed by atoms with E-state index in [2.05, 4.69) is 23.8 Å². The van der Waals surface area contributed by atoms with Gasteiger partial charge in [-0.05, 0) is 12.3 Å². The van der Waals surface area contributed by atoms with Gasteiger partial charge in [0.05, 0.1) is 5.69 Å². The highest BCUT2D eigenvalue weighted by Crippen LogP contribution is 2.19. The number of nitrogens with zero attached hydrogens (tertiary/aromatic N) is 3. The molecule has 0 amide bonds. The molecule has 2 aromatic rings. The van der Waals surface area contributed by atoms with Crippen LogP contribution >= 0.6 is 0 Å². The molecule has 0 bridgehead atoms. The molecule has 1 atom stereocenters. The Balaban J connectivity index is 2.61. The Kier molecular flexibility index (Phi) is 2.60. The summed E-state index contributed by atoms with van der Waals surface area (Å²) in [6.45, 7) is 4.14. The summed E-state index contributed by atoms with van der Waals surface area (Å²) in [7, 11) is 0. The second kappa shape index (κ2) is 3.92. The Morgan fingerprint density at radius 1 is 1.62 bits per heavy atom. The van der Waals surface area contributed by atoms with Gasteiger partial charge in [0.15, 0.2) is 11.3 Å². The molecule has 0 fully saturated rings. The van der Waals surface area contributed by atoms with Crippen LogP contribution in [0.2, 0.25) is 0 Å². The van der Waals surface area contributed by atoms with Crippen LogP contribution in [-0.2, 0) is 0 Å². The van der Waals surface area contributed by atoms with E-state index in [0.29, 0.717) is 11.6 Å². The van der Waals surface area contributed by atoms with Gasteiger partial charge in [-0.15, -0.1) is 0 Å². The number of aromatic nitrogens is 3. The van der Waals surface area contributed by atoms with Crippen LogP contribution in [0.4, 0.5) is 0 Å². The average molecular weight is 219 g/mol. The fourth-order valence-corrected chi connectivity index (χ4v) is 1.54. The van der Waals surface area contributed by atoms with E-state index >= 15 is 0 Å². The van der Waals surface area contributed by atoms with Crippen LogP contribution in [0.25, 0.3) is 5.65 Å². The minimum atomic E-state index is -1.05. The summed E-state index contributed by atoms with van der Waals surface area (Å²) in [6.07, 6.45) is 6.01. The van der Waals surface area contributed by atoms with Crippen molar-refractivity contribution in [3.05, 3.63) is 30.0 Å². The van der Waals surface area contributed by atoms with Crippen LogP contribution in [0.1, 0.15) is 42.4 Å². The molecule has 0 spiro atoms. The summed E-state index contributed by atoms with van der Waals surface area (Å²) >= 11 is 0. The molecule has 84 valence electrons. The van der Waals surface area contributed by atoms with Gasteiger partial charge < -0.3 is 9.51 Å². The predicted octanol–water partition coefficient (Wildman–Crippen LogP) is 1.94. The van der Waals surface area contributed by atoms with Crippen LogP contribution < -0.4 is 0 Å². The Labute approximate surface area is 92.8 Å². The first-order chi connectivity index (χ1) is 7.63. The van der Waals surface area contributed by atoms with Crippen LogP contribution in [-0.4, -0.2) is 25.4 Å². The molecule has 1 unspecified atom stereocenters. The van der Waals surface area contributed by atoms with Gasteiger partial charge in [0, 0.05) is 18.6 Å². The molecular weight excluding hydrogens is 206 g/mol. The summed E-state index contributed by atoms with van der Waals surface area (Å²) in [4.78, 5) is 19.1. The van der Waals surface area contributed by atoms with Crippen molar-refractivity contribution in [1.29, 1.82) is 0 Å². The lowest BCUT2D eigenvalue weighted by Crippen LogP contribution is -2.03. The molecule has 0 aromatic carbocycles. The number of carboxylic acid groups (broad SMARTS) is 1. The van der Waals surface area contributed by atoms with E-state index in [9.17, 15) is 4.79 Å². The smallest absolute Gasteiger partial charge is 0.358 e. The maximum atomic E-state index is 10.9. The largest absolute Gasteiger partial charge is 0.476 e. The average Bonchev–Trinajstić information content (AvgIpc) is 2.70. The van der Waals surface area contributed by atoms with Gasteiger partial charge in [-0.1, -0.05) is 13.8 Å². The normalized spacial score (nSPS) is 12.9. The van der Waals surface area contributed by atoms with Crippen LogP contribution in [0.3, 0.4) is 0 Å². The van der Waals surface area contributed by atoms with E-state index < -0.39 is 5.97 Å². The minimum absolute atomic E-state index is 0.00273. The second-order valence-electron chi connectivity index (χ2n) is 3.79. The van der Waals surface area contributed by atoms with Crippen molar-refractivity contribution in [3.8, 4) is 0 Å². The van der Waals surface area contributed by atoms with E-state index in [1.165, 1.54) is 6.20 Å². The third kappa shape index (κ3) is 1.64. The van der Waals surface area contributed by atoms with Crippen LogP contribution in [0.15, 0.2) is 18.6 Å². The molecular formula is C11H13N3O2. The van der Waals surface area contributed by atoms with Crippen molar-refractivity contribution in [2.45, 2.75) is 26.2 Å². The van der Waals surface area contributed by atoms with Crippen LogP contribution in [0.5, 0.6) is 0 Å². The van der Waals surface area contributed by atoms with Crippen molar-refractivity contribution in [2.24, 2.45) is 0 Å². The third-order valence-corrected chi connectivity index (χ3v) is 2.71. The Morgan fingerprint density at radius 3 is 3.00 bits per heavy atom. The Hall–Kier alpha value is -1.91. The topological polar surface area (TPSA) is 67.5 Å². The van der Waals surface area contributed by atoms with Gasteiger partial charge >= 0.3 is 5.97 Å². The van der Waals surface area contributed by atoms with Gasteiger partial charge in [0.1, 0.15) is 0 Å². The van der Waals surface area contributed by atoms with E-state index in [1.54, 1.807) is 10.6 Å². The Morgan fingerprint density at radius 2 is 2.38 bits per heavy atom. The molecule has 0 aliphatic carbocycles. The second-order valence-corrected chi connectivity index (χ2v) is 3.79. The van der Waals surface area contributed by atoms with E-state index in [0.717, 1.165) is 12.1 Å². The number of imidazole rings is 1. The zero-order valence-corrected chi connectivity index (χ0v) is 9.21. The lowest BCUT2D eigenvalue weighted by molar-refractivity contribution is 0.0692. The number of fused-ring (bicyclic) bond motifs is 1. The monoisotopic (exact) mass is 219 g/mol. The molecule has 2 heterocycles. The number of aromatic carboxylic acids is 1. The third-order valence-electron chi connectivity index (χ3n) is 2.71. The number of hydrogen-bond donors (Lipinski definition) is 1. The molecule has 5 heteroatoms. The summed E-state index contributed by atoms with van der Waals surface area (Å²) in [6, 6.07) is 0. The molecule has 2 rings (SSSR count). The molecule has 0 saturated carbocycles. The molecule has 1 N–H and O–H groups in total. The highest BCUT2D eigenvalue weighted by Gasteiger charge is 2.15. The predicted molar refractivity (Wildman–Crippen MR) is 58.7 cm³/mol. The molecule has 0 saturated heterocycles. The SMILES string of the molecule is CCC(C)c1cn2ccnc(C(=O)O)c2n1. The van der Waals surface area contributed by atoms with Crippen molar-refractivity contribution < 1.29 is 9.90 Å². The van der Waals surface area contributed by atoms with Gasteiger partial charge in [0.25, 0.3) is 0 Å². The van der Waals surface area contributed by atoms with Gasteiger partial charge in [-0.25, -0.2) is 14.8 Å². The van der Waals surface area contributed by atoms with Crippen molar-refractivity contribution >= 4 is 11.6 Å². The summed E-state index contributed by atoms with van der Waals surface area (Å²) in [5.74, 6) is -0.728. The fraction of sp³-hybridized carbons (Fsp3) is 0.364. The fourth-order valence-electron chi connectivity index (χ4n) is 1.54. The molecule has 2 aromatic heterocycles. The van der Waals surface area contributed by atoms with E-state index in [-0.39, 0.29) is 5.69 Å². The van der Waals surface area contributed by atoms with Crippen molar-refractivity contribution in [1.82, 2.24) is 14.4 Å². The lowest BCUT2D eigenvalue weighted by atomic mass is 10.1. The zero-order valence-electron chi connectivity index (χ0n) is 9.21.